The lowest BCUT2D eigenvalue weighted by atomic mass is 9.94. The molecule has 2 atom stereocenters. The number of likely N-dealkylation sites (tertiary alicyclic amines) is 1. The van der Waals surface area contributed by atoms with Crippen molar-refractivity contribution in [3.63, 3.8) is 0 Å². The Labute approximate surface area is 105 Å². The first-order chi connectivity index (χ1) is 8.13. The van der Waals surface area contributed by atoms with Crippen LogP contribution in [0.25, 0.3) is 0 Å². The molecule has 0 bridgehead atoms. The minimum absolute atomic E-state index is 0.129. The van der Waals surface area contributed by atoms with Gasteiger partial charge in [0.25, 0.3) is 0 Å². The fourth-order valence-electron chi connectivity index (χ4n) is 2.35. The van der Waals surface area contributed by atoms with Crippen molar-refractivity contribution in [3.05, 3.63) is 0 Å². The van der Waals surface area contributed by atoms with Gasteiger partial charge in [-0.3, -0.25) is 4.79 Å². The average Bonchev–Trinajstić information content (AvgIpc) is 2.28. The number of carbonyl (C=O) groups excluding carboxylic acids is 1. The van der Waals surface area contributed by atoms with Gasteiger partial charge >= 0.3 is 0 Å². The fourth-order valence-corrected chi connectivity index (χ4v) is 2.35. The molecule has 0 aromatic carbocycles. The van der Waals surface area contributed by atoms with E-state index >= 15 is 0 Å². The number of amides is 1. The Morgan fingerprint density at radius 2 is 2.24 bits per heavy atom. The van der Waals surface area contributed by atoms with E-state index in [4.69, 9.17) is 0 Å². The minimum Gasteiger partial charge on any atom is -0.355 e. The summed E-state index contributed by atoms with van der Waals surface area (Å²) in [4.78, 5) is 13.9. The molecule has 1 aliphatic heterocycles. The number of unbranched alkanes of at least 4 members (excludes halogenated alkanes) is 1. The number of hydrogen-bond acceptors (Lipinski definition) is 3. The number of piperidine rings is 1. The van der Waals surface area contributed by atoms with Gasteiger partial charge in [0.2, 0.25) is 5.91 Å². The first kappa shape index (κ1) is 14.5. The lowest BCUT2D eigenvalue weighted by Crippen LogP contribution is -2.49. The second kappa shape index (κ2) is 7.67. The molecule has 1 rings (SSSR count). The Kier molecular flexibility index (Phi) is 6.52. The highest BCUT2D eigenvalue weighted by Crippen LogP contribution is 2.14. The number of carbonyl (C=O) groups is 1. The number of rotatable bonds is 6. The van der Waals surface area contributed by atoms with E-state index in [1.807, 2.05) is 0 Å². The highest BCUT2D eigenvalue weighted by atomic mass is 16.1. The lowest BCUT2D eigenvalue weighted by molar-refractivity contribution is -0.120. The number of nitrogens with zero attached hydrogens (tertiary/aromatic N) is 1. The first-order valence-electron chi connectivity index (χ1n) is 6.82. The van der Waals surface area contributed by atoms with E-state index in [2.05, 4.69) is 36.4 Å². The van der Waals surface area contributed by atoms with Crippen LogP contribution in [0.4, 0.5) is 0 Å². The van der Waals surface area contributed by atoms with Crippen LogP contribution in [0.15, 0.2) is 0 Å². The normalized spacial score (nSPS) is 25.8. The summed E-state index contributed by atoms with van der Waals surface area (Å²) in [6.07, 6.45) is 3.33. The highest BCUT2D eigenvalue weighted by molar-refractivity contribution is 5.77. The van der Waals surface area contributed by atoms with Gasteiger partial charge in [0.1, 0.15) is 0 Å². The molecule has 1 amide bonds. The van der Waals surface area contributed by atoms with Crippen molar-refractivity contribution in [2.75, 3.05) is 33.2 Å². The van der Waals surface area contributed by atoms with Crippen LogP contribution >= 0.6 is 0 Å². The topological polar surface area (TPSA) is 44.4 Å². The Bertz CT molecular complexity index is 233. The van der Waals surface area contributed by atoms with Crippen LogP contribution in [0.3, 0.4) is 0 Å². The van der Waals surface area contributed by atoms with Gasteiger partial charge in [0.05, 0.1) is 6.54 Å². The molecule has 0 aliphatic carbocycles. The van der Waals surface area contributed by atoms with Gasteiger partial charge in [-0.25, -0.2) is 0 Å². The van der Waals surface area contributed by atoms with Gasteiger partial charge < -0.3 is 15.5 Å². The first-order valence-corrected chi connectivity index (χ1v) is 6.82. The Hall–Kier alpha value is -0.610. The molecular weight excluding hydrogens is 214 g/mol. The van der Waals surface area contributed by atoms with Crippen molar-refractivity contribution in [2.45, 2.75) is 39.2 Å². The Balaban J connectivity index is 2.14. The van der Waals surface area contributed by atoms with Crippen LogP contribution in [-0.2, 0) is 4.79 Å². The zero-order valence-corrected chi connectivity index (χ0v) is 11.5. The molecular formula is C13H27N3O. The fraction of sp³-hybridized carbons (Fsp3) is 0.923. The third-order valence-electron chi connectivity index (χ3n) is 3.49. The molecule has 4 nitrogen and oxygen atoms in total. The highest BCUT2D eigenvalue weighted by Gasteiger charge is 2.23. The molecule has 2 N–H and O–H groups in total. The predicted molar refractivity (Wildman–Crippen MR) is 71.0 cm³/mol. The van der Waals surface area contributed by atoms with Crippen LogP contribution in [-0.4, -0.2) is 50.1 Å². The summed E-state index contributed by atoms with van der Waals surface area (Å²) >= 11 is 0. The maximum Gasteiger partial charge on any atom is 0.233 e. The van der Waals surface area contributed by atoms with Crippen molar-refractivity contribution in [1.82, 2.24) is 15.5 Å². The summed E-state index contributed by atoms with van der Waals surface area (Å²) in [6.45, 7) is 7.89. The van der Waals surface area contributed by atoms with E-state index in [1.165, 1.54) is 0 Å². The largest absolute Gasteiger partial charge is 0.355 e. The van der Waals surface area contributed by atoms with E-state index in [0.29, 0.717) is 18.5 Å². The third kappa shape index (κ3) is 5.50. The van der Waals surface area contributed by atoms with E-state index in [0.717, 1.165) is 38.9 Å². The molecule has 0 radical (unpaired) electrons. The van der Waals surface area contributed by atoms with E-state index in [-0.39, 0.29) is 5.91 Å². The Morgan fingerprint density at radius 1 is 1.47 bits per heavy atom. The van der Waals surface area contributed by atoms with Crippen LogP contribution in [0.2, 0.25) is 0 Å². The molecule has 4 heteroatoms. The van der Waals surface area contributed by atoms with Gasteiger partial charge in [-0.2, -0.15) is 0 Å². The summed E-state index contributed by atoms with van der Waals surface area (Å²) in [5.41, 5.74) is 0. The van der Waals surface area contributed by atoms with Gasteiger partial charge in [-0.05, 0) is 32.4 Å². The van der Waals surface area contributed by atoms with Crippen molar-refractivity contribution < 1.29 is 4.79 Å². The summed E-state index contributed by atoms with van der Waals surface area (Å²) in [5, 5.41) is 6.31. The quantitative estimate of drug-likeness (QED) is 0.677. The molecule has 17 heavy (non-hydrogen) atoms. The standard InChI is InChI=1S/C13H27N3O/c1-4-5-7-14-13(17)9-15-12-6-8-16(3)10-11(12)2/h11-12,15H,4-10H2,1-3H3,(H,14,17). The van der Waals surface area contributed by atoms with Crippen LogP contribution in [0.5, 0.6) is 0 Å². The van der Waals surface area contributed by atoms with Crippen molar-refractivity contribution in [2.24, 2.45) is 5.92 Å². The molecule has 100 valence electrons. The maximum absolute atomic E-state index is 11.5. The molecule has 0 saturated carbocycles. The van der Waals surface area contributed by atoms with Crippen molar-refractivity contribution in [1.29, 1.82) is 0 Å². The summed E-state index contributed by atoms with van der Waals surface area (Å²) in [5.74, 6) is 0.752. The summed E-state index contributed by atoms with van der Waals surface area (Å²) in [7, 11) is 2.16. The van der Waals surface area contributed by atoms with Gasteiger partial charge in [0, 0.05) is 19.1 Å². The maximum atomic E-state index is 11.5. The molecule has 2 unspecified atom stereocenters. The molecule has 1 heterocycles. The predicted octanol–water partition coefficient (Wildman–Crippen LogP) is 0.833. The van der Waals surface area contributed by atoms with E-state index in [9.17, 15) is 4.79 Å². The molecule has 0 aromatic heterocycles. The van der Waals surface area contributed by atoms with Crippen molar-refractivity contribution >= 4 is 5.91 Å². The van der Waals surface area contributed by atoms with Gasteiger partial charge in [-0.15, -0.1) is 0 Å². The molecule has 1 aliphatic rings. The van der Waals surface area contributed by atoms with E-state index < -0.39 is 0 Å². The second-order valence-corrected chi connectivity index (χ2v) is 5.22. The Morgan fingerprint density at radius 3 is 2.88 bits per heavy atom. The molecule has 1 fully saturated rings. The molecule has 0 aromatic rings. The lowest BCUT2D eigenvalue weighted by Gasteiger charge is -2.35. The van der Waals surface area contributed by atoms with Crippen LogP contribution in [0.1, 0.15) is 33.1 Å². The SMILES string of the molecule is CCCCNC(=O)CNC1CCN(C)CC1C. The van der Waals surface area contributed by atoms with Gasteiger partial charge in [-0.1, -0.05) is 20.3 Å². The van der Waals surface area contributed by atoms with Crippen LogP contribution < -0.4 is 10.6 Å². The molecule has 1 saturated heterocycles. The zero-order chi connectivity index (χ0) is 12.7. The second-order valence-electron chi connectivity index (χ2n) is 5.22. The van der Waals surface area contributed by atoms with Crippen LogP contribution in [0, 0.1) is 5.92 Å². The summed E-state index contributed by atoms with van der Waals surface area (Å²) in [6, 6.07) is 0.489. The smallest absolute Gasteiger partial charge is 0.233 e. The van der Waals surface area contributed by atoms with E-state index in [1.54, 1.807) is 0 Å². The number of nitrogens with one attached hydrogen (secondary N) is 2. The van der Waals surface area contributed by atoms with Gasteiger partial charge in [0.15, 0.2) is 0 Å². The monoisotopic (exact) mass is 241 g/mol. The zero-order valence-electron chi connectivity index (χ0n) is 11.5. The average molecular weight is 241 g/mol. The minimum atomic E-state index is 0.129. The third-order valence-corrected chi connectivity index (χ3v) is 3.49. The van der Waals surface area contributed by atoms with Crippen molar-refractivity contribution in [3.8, 4) is 0 Å². The molecule has 0 spiro atoms. The number of hydrogen-bond donors (Lipinski definition) is 2. The summed E-state index contributed by atoms with van der Waals surface area (Å²) < 4.78 is 0.